The number of imide groups is 1. The lowest BCUT2D eigenvalue weighted by Gasteiger charge is -2.30. The van der Waals surface area contributed by atoms with Gasteiger partial charge in [0.1, 0.15) is 4.90 Å². The third-order valence-corrected chi connectivity index (χ3v) is 9.72. The Labute approximate surface area is 230 Å². The first-order valence-electron chi connectivity index (χ1n) is 11.7. The monoisotopic (exact) mass is 581 g/mol. The molecule has 2 aromatic carbocycles. The van der Waals surface area contributed by atoms with Crippen LogP contribution >= 0.6 is 35.0 Å². The lowest BCUT2D eigenvalue weighted by Crippen LogP contribution is -2.39. The zero-order valence-corrected chi connectivity index (χ0v) is 23.1. The molecule has 0 aromatic heterocycles. The number of carbonyl (C=O) groups is 3. The van der Waals surface area contributed by atoms with Crippen LogP contribution in [0.4, 0.5) is 4.79 Å². The van der Waals surface area contributed by atoms with Crippen LogP contribution in [-0.2, 0) is 14.8 Å². The molecule has 0 bridgehead atoms. The molecular formula is C25H25Cl2N3O5S2. The van der Waals surface area contributed by atoms with E-state index in [4.69, 9.17) is 23.2 Å². The van der Waals surface area contributed by atoms with Gasteiger partial charge < -0.3 is 5.32 Å². The summed E-state index contributed by atoms with van der Waals surface area (Å²) in [6.07, 6.45) is 3.28. The van der Waals surface area contributed by atoms with Crippen LogP contribution in [0.3, 0.4) is 0 Å². The van der Waals surface area contributed by atoms with Gasteiger partial charge in [0, 0.05) is 36.8 Å². The Morgan fingerprint density at radius 3 is 2.65 bits per heavy atom. The first-order valence-corrected chi connectivity index (χ1v) is 14.7. The number of halogens is 2. The van der Waals surface area contributed by atoms with E-state index in [0.29, 0.717) is 23.7 Å². The molecule has 196 valence electrons. The molecule has 4 rings (SSSR count). The second-order valence-electron chi connectivity index (χ2n) is 8.87. The van der Waals surface area contributed by atoms with E-state index in [9.17, 15) is 22.8 Å². The van der Waals surface area contributed by atoms with Crippen molar-refractivity contribution in [2.24, 2.45) is 5.92 Å². The van der Waals surface area contributed by atoms with Crippen molar-refractivity contribution in [1.29, 1.82) is 0 Å². The second kappa shape index (κ2) is 11.6. The summed E-state index contributed by atoms with van der Waals surface area (Å²) >= 11 is 13.2. The maximum absolute atomic E-state index is 13.2. The Morgan fingerprint density at radius 2 is 1.92 bits per heavy atom. The summed E-state index contributed by atoms with van der Waals surface area (Å²) < 4.78 is 27.8. The highest BCUT2D eigenvalue weighted by atomic mass is 35.5. The van der Waals surface area contributed by atoms with Crippen molar-refractivity contribution < 1.29 is 22.8 Å². The number of benzene rings is 2. The maximum atomic E-state index is 13.2. The topological polar surface area (TPSA) is 104 Å². The number of nitrogens with one attached hydrogen (secondary N) is 1. The van der Waals surface area contributed by atoms with Crippen LogP contribution in [0.15, 0.2) is 52.3 Å². The van der Waals surface area contributed by atoms with Crippen LogP contribution in [-0.4, -0.2) is 60.9 Å². The summed E-state index contributed by atoms with van der Waals surface area (Å²) in [6.45, 7) is 2.75. The highest BCUT2D eigenvalue weighted by molar-refractivity contribution is 8.18. The summed E-state index contributed by atoms with van der Waals surface area (Å²) in [5.74, 6) is -0.776. The van der Waals surface area contributed by atoms with Crippen LogP contribution < -0.4 is 5.32 Å². The van der Waals surface area contributed by atoms with Crippen molar-refractivity contribution in [2.75, 3.05) is 26.2 Å². The van der Waals surface area contributed by atoms with Gasteiger partial charge in [-0.15, -0.1) is 0 Å². The Balaban J connectivity index is 1.40. The number of hydrogen-bond acceptors (Lipinski definition) is 6. The average Bonchev–Trinajstić information content (AvgIpc) is 3.12. The van der Waals surface area contributed by atoms with Gasteiger partial charge in [0.05, 0.1) is 9.93 Å². The number of rotatable bonds is 7. The maximum Gasteiger partial charge on any atom is 0.293 e. The van der Waals surface area contributed by atoms with E-state index >= 15 is 0 Å². The quantitative estimate of drug-likeness (QED) is 0.467. The molecule has 2 aliphatic rings. The molecule has 2 aromatic rings. The zero-order valence-electron chi connectivity index (χ0n) is 19.9. The molecule has 3 amide bonds. The third-order valence-electron chi connectivity index (χ3n) is 6.12. The first kappa shape index (κ1) is 27.7. The number of hydrogen-bond donors (Lipinski definition) is 1. The molecule has 2 aliphatic heterocycles. The van der Waals surface area contributed by atoms with Crippen LogP contribution in [0.1, 0.15) is 35.7 Å². The van der Waals surface area contributed by atoms with Gasteiger partial charge in [0.15, 0.2) is 0 Å². The van der Waals surface area contributed by atoms with Crippen molar-refractivity contribution in [3.8, 4) is 0 Å². The van der Waals surface area contributed by atoms with Crippen LogP contribution in [0.5, 0.6) is 0 Å². The predicted octanol–water partition coefficient (Wildman–Crippen LogP) is 4.88. The molecule has 1 unspecified atom stereocenters. The average molecular weight is 583 g/mol. The fourth-order valence-electron chi connectivity index (χ4n) is 4.16. The minimum Gasteiger partial charge on any atom is -0.350 e. The predicted molar refractivity (Wildman–Crippen MR) is 145 cm³/mol. The molecule has 8 nitrogen and oxygen atoms in total. The molecule has 0 aliphatic carbocycles. The van der Waals surface area contributed by atoms with Gasteiger partial charge in [-0.05, 0) is 66.4 Å². The summed E-state index contributed by atoms with van der Waals surface area (Å²) in [5.41, 5.74) is 0.733. The molecule has 2 fully saturated rings. The van der Waals surface area contributed by atoms with Gasteiger partial charge in [0.2, 0.25) is 10.0 Å². The van der Waals surface area contributed by atoms with Gasteiger partial charge in [-0.1, -0.05) is 48.3 Å². The summed E-state index contributed by atoms with van der Waals surface area (Å²) in [7, 11) is -3.86. The lowest BCUT2D eigenvalue weighted by atomic mass is 10.0. The first-order chi connectivity index (χ1) is 17.6. The zero-order chi connectivity index (χ0) is 26.7. The van der Waals surface area contributed by atoms with E-state index in [2.05, 4.69) is 5.32 Å². The molecule has 1 N–H and O–H groups in total. The normalized spacial score (nSPS) is 20.0. The lowest BCUT2D eigenvalue weighted by molar-refractivity contribution is -0.122. The van der Waals surface area contributed by atoms with E-state index in [0.717, 1.165) is 29.5 Å². The molecule has 12 heteroatoms. The van der Waals surface area contributed by atoms with Crippen molar-refractivity contribution in [2.45, 2.75) is 24.7 Å². The standard InChI is InChI=1S/C25H25Cl2N3O5S2/c1-16-5-4-11-29(15-16)37(34,35)22-14-18(8-9-20(22)27)23(31)28-10-12-30-24(32)21(36-25(30)33)13-17-6-2-3-7-19(17)26/h2-3,6-9,13-14,16H,4-5,10-12,15H2,1H3,(H,28,31)/b21-13-. The van der Waals surface area contributed by atoms with Crippen molar-refractivity contribution in [3.63, 3.8) is 0 Å². The Morgan fingerprint density at radius 1 is 1.16 bits per heavy atom. The number of piperidine rings is 1. The van der Waals surface area contributed by atoms with Gasteiger partial charge in [0.25, 0.3) is 17.1 Å². The molecule has 1 atom stereocenters. The van der Waals surface area contributed by atoms with E-state index in [1.165, 1.54) is 22.5 Å². The summed E-state index contributed by atoms with van der Waals surface area (Å²) in [6, 6.07) is 11.0. The molecule has 2 saturated heterocycles. The van der Waals surface area contributed by atoms with Gasteiger partial charge in [-0.2, -0.15) is 4.31 Å². The van der Waals surface area contributed by atoms with Crippen LogP contribution in [0, 0.1) is 5.92 Å². The fourth-order valence-corrected chi connectivity index (χ4v) is 7.30. The van der Waals surface area contributed by atoms with Crippen molar-refractivity contribution in [1.82, 2.24) is 14.5 Å². The molecule has 0 spiro atoms. The third kappa shape index (κ3) is 6.21. The van der Waals surface area contributed by atoms with Crippen LogP contribution in [0.25, 0.3) is 6.08 Å². The van der Waals surface area contributed by atoms with Crippen LogP contribution in [0.2, 0.25) is 10.0 Å². The minimum atomic E-state index is -3.86. The van der Waals surface area contributed by atoms with Crippen molar-refractivity contribution in [3.05, 3.63) is 68.5 Å². The van der Waals surface area contributed by atoms with E-state index in [1.54, 1.807) is 30.3 Å². The largest absolute Gasteiger partial charge is 0.350 e. The van der Waals surface area contributed by atoms with Crippen molar-refractivity contribution >= 4 is 68.1 Å². The molecule has 0 radical (unpaired) electrons. The number of thioether (sulfide) groups is 1. The van der Waals surface area contributed by atoms with E-state index < -0.39 is 27.1 Å². The fraction of sp³-hybridized carbons (Fsp3) is 0.320. The SMILES string of the molecule is CC1CCCN(S(=O)(=O)c2cc(C(=O)NCCN3C(=O)S/C(=C\c4ccccc4Cl)C3=O)ccc2Cl)C1. The molecule has 37 heavy (non-hydrogen) atoms. The summed E-state index contributed by atoms with van der Waals surface area (Å²) in [4.78, 5) is 39.0. The Hall–Kier alpha value is -2.37. The van der Waals surface area contributed by atoms with Gasteiger partial charge >= 0.3 is 0 Å². The number of amides is 3. The van der Waals surface area contributed by atoms with Gasteiger partial charge in [-0.25, -0.2) is 8.42 Å². The van der Waals surface area contributed by atoms with E-state index in [-0.39, 0.29) is 39.4 Å². The summed E-state index contributed by atoms with van der Waals surface area (Å²) in [5, 5.41) is 2.69. The minimum absolute atomic E-state index is 0.00933. The van der Waals surface area contributed by atoms with Gasteiger partial charge in [-0.3, -0.25) is 19.3 Å². The second-order valence-corrected chi connectivity index (χ2v) is 12.6. The smallest absolute Gasteiger partial charge is 0.293 e. The molecule has 2 heterocycles. The Bertz CT molecular complexity index is 1380. The highest BCUT2D eigenvalue weighted by Gasteiger charge is 2.35. The molecular weight excluding hydrogens is 557 g/mol. The number of carbonyl (C=O) groups excluding carboxylic acids is 3. The number of sulfonamides is 1. The Kier molecular flexibility index (Phi) is 8.65. The highest BCUT2D eigenvalue weighted by Crippen LogP contribution is 2.33. The van der Waals surface area contributed by atoms with E-state index in [1.807, 2.05) is 6.92 Å². The number of nitrogens with zero attached hydrogens (tertiary/aromatic N) is 2. The molecule has 0 saturated carbocycles.